The molecule has 1 N–H and O–H groups in total. The lowest BCUT2D eigenvalue weighted by atomic mass is 10.2. The van der Waals surface area contributed by atoms with Gasteiger partial charge in [0.15, 0.2) is 0 Å². The van der Waals surface area contributed by atoms with Crippen molar-refractivity contribution < 1.29 is 23.7 Å². The first-order valence-corrected chi connectivity index (χ1v) is 8.19. The van der Waals surface area contributed by atoms with Crippen LogP contribution in [0.2, 0.25) is 0 Å². The van der Waals surface area contributed by atoms with Gasteiger partial charge in [-0.2, -0.15) is 0 Å². The minimum Gasteiger partial charge on any atom is -1.00 e. The maximum absolute atomic E-state index is 10.6. The Kier molecular flexibility index (Phi) is 7.53. The zero-order valence-corrected chi connectivity index (χ0v) is 14.5. The molecule has 0 radical (unpaired) electrons. The van der Waals surface area contributed by atoms with Gasteiger partial charge in [-0.15, -0.1) is 0 Å². The summed E-state index contributed by atoms with van der Waals surface area (Å²) in [7, 11) is 0. The van der Waals surface area contributed by atoms with Gasteiger partial charge in [-0.05, 0) is 24.3 Å². The van der Waals surface area contributed by atoms with E-state index in [4.69, 9.17) is 4.74 Å². The second-order valence-corrected chi connectivity index (χ2v) is 5.85. The average Bonchev–Trinajstić information content (AvgIpc) is 2.62. The molecule has 3 rings (SSSR count). The van der Waals surface area contributed by atoms with E-state index in [1.807, 2.05) is 36.4 Å². The zero-order chi connectivity index (χ0) is 15.9. The van der Waals surface area contributed by atoms with E-state index in [1.165, 1.54) is 0 Å². The van der Waals surface area contributed by atoms with Crippen LogP contribution >= 0.6 is 0 Å². The van der Waals surface area contributed by atoms with E-state index in [2.05, 4.69) is 34.1 Å². The molecule has 24 heavy (non-hydrogen) atoms. The van der Waals surface area contributed by atoms with Crippen molar-refractivity contribution in [3.05, 3.63) is 60.7 Å². The molecule has 1 fully saturated rings. The maximum atomic E-state index is 10.6. The molecule has 1 aliphatic heterocycles. The molecule has 130 valence electrons. The summed E-state index contributed by atoms with van der Waals surface area (Å²) < 4.78 is 5.37. The van der Waals surface area contributed by atoms with Gasteiger partial charge in [0.1, 0.15) is 0 Å². The predicted octanol–water partition coefficient (Wildman–Crippen LogP) is -0.366. The Morgan fingerprint density at radius 2 is 1.46 bits per heavy atom. The first-order chi connectivity index (χ1) is 11.3. The van der Waals surface area contributed by atoms with Crippen molar-refractivity contribution >= 4 is 11.4 Å². The largest absolute Gasteiger partial charge is 1.00 e. The summed E-state index contributed by atoms with van der Waals surface area (Å²) in [6.45, 7) is 4.56. The van der Waals surface area contributed by atoms with Gasteiger partial charge < -0.3 is 27.2 Å². The predicted molar refractivity (Wildman–Crippen MR) is 94.3 cm³/mol. The standard InChI is InChI=1S/C19H24N2O2.ClH/c22-19(15-20-11-13-23-14-12-20)16-21(17-7-3-1-4-8-17)18-9-5-2-6-10-18;/h1-10,19,22H,11-16H2;1H. The lowest BCUT2D eigenvalue weighted by molar-refractivity contribution is -0.0000164. The van der Waals surface area contributed by atoms with Crippen molar-refractivity contribution in [2.75, 3.05) is 44.3 Å². The van der Waals surface area contributed by atoms with Gasteiger partial charge >= 0.3 is 1.43 Å². The summed E-state index contributed by atoms with van der Waals surface area (Å²) in [5, 5.41) is 10.6. The summed E-state index contributed by atoms with van der Waals surface area (Å²) >= 11 is 0. The van der Waals surface area contributed by atoms with E-state index in [0.29, 0.717) is 13.1 Å². The molecule has 4 nitrogen and oxygen atoms in total. The SMILES string of the molecule is OC(CN1CCOCC1)CN(c1ccccc1)c1ccccc1.[Cl-].[H+]. The molecule has 5 heteroatoms. The number of halogens is 1. The van der Waals surface area contributed by atoms with Crippen molar-refractivity contribution in [3.8, 4) is 0 Å². The van der Waals surface area contributed by atoms with Crippen molar-refractivity contribution in [1.82, 2.24) is 4.90 Å². The monoisotopic (exact) mass is 348 g/mol. The van der Waals surface area contributed by atoms with Gasteiger partial charge in [0, 0.05) is 31.0 Å². The molecular formula is C19H25ClN2O2. The highest BCUT2D eigenvalue weighted by Gasteiger charge is 2.18. The first-order valence-electron chi connectivity index (χ1n) is 8.19. The first kappa shape index (κ1) is 18.7. The molecule has 1 saturated heterocycles. The van der Waals surface area contributed by atoms with Gasteiger partial charge in [-0.25, -0.2) is 0 Å². The van der Waals surface area contributed by atoms with Crippen LogP contribution in [-0.2, 0) is 4.74 Å². The fourth-order valence-corrected chi connectivity index (χ4v) is 2.93. The van der Waals surface area contributed by atoms with Crippen LogP contribution in [0, 0.1) is 0 Å². The van der Waals surface area contributed by atoms with Crippen LogP contribution in [0.3, 0.4) is 0 Å². The zero-order valence-electron chi connectivity index (χ0n) is 14.7. The van der Waals surface area contributed by atoms with Crippen LogP contribution in [0.1, 0.15) is 1.43 Å². The highest BCUT2D eigenvalue weighted by Crippen LogP contribution is 2.25. The van der Waals surface area contributed by atoms with Crippen LogP contribution in [-0.4, -0.2) is 55.5 Å². The topological polar surface area (TPSA) is 35.9 Å². The van der Waals surface area contributed by atoms with Gasteiger partial charge in [-0.1, -0.05) is 36.4 Å². The third-order valence-electron chi connectivity index (χ3n) is 4.10. The summed E-state index contributed by atoms with van der Waals surface area (Å²) in [5.74, 6) is 0. The number of ether oxygens (including phenoxy) is 1. The molecule has 1 unspecified atom stereocenters. The molecule has 0 saturated carbocycles. The number of morpholine rings is 1. The summed E-state index contributed by atoms with van der Waals surface area (Å²) in [5.41, 5.74) is 2.19. The van der Waals surface area contributed by atoms with E-state index in [0.717, 1.165) is 37.7 Å². The van der Waals surface area contributed by atoms with Gasteiger partial charge in [0.25, 0.3) is 0 Å². The molecule has 0 amide bonds. The molecule has 1 heterocycles. The normalized spacial score (nSPS) is 16.2. The number of hydrogen-bond acceptors (Lipinski definition) is 4. The van der Waals surface area contributed by atoms with Gasteiger partial charge in [0.2, 0.25) is 0 Å². The number of hydrogen-bond donors (Lipinski definition) is 1. The van der Waals surface area contributed by atoms with E-state index in [1.54, 1.807) is 0 Å². The molecule has 0 aliphatic carbocycles. The molecule has 0 bridgehead atoms. The van der Waals surface area contributed by atoms with Crippen LogP contribution < -0.4 is 17.3 Å². The molecule has 1 atom stereocenters. The number of para-hydroxylation sites is 2. The lowest BCUT2D eigenvalue weighted by Crippen LogP contribution is -3.00. The van der Waals surface area contributed by atoms with Crippen molar-refractivity contribution in [1.29, 1.82) is 0 Å². The fourth-order valence-electron chi connectivity index (χ4n) is 2.93. The smallest absolute Gasteiger partial charge is 1.00 e. The van der Waals surface area contributed by atoms with Crippen molar-refractivity contribution in [2.24, 2.45) is 0 Å². The highest BCUT2D eigenvalue weighted by atomic mass is 35.5. The molecule has 1 aliphatic rings. The molecule has 2 aromatic rings. The third-order valence-corrected chi connectivity index (χ3v) is 4.10. The number of anilines is 2. The Morgan fingerprint density at radius 3 is 1.96 bits per heavy atom. The van der Waals surface area contributed by atoms with Crippen LogP contribution in [0.25, 0.3) is 0 Å². The minimum absolute atomic E-state index is 0. The van der Waals surface area contributed by atoms with E-state index < -0.39 is 6.10 Å². The molecule has 2 aromatic carbocycles. The average molecular weight is 349 g/mol. The van der Waals surface area contributed by atoms with Crippen LogP contribution in [0.5, 0.6) is 0 Å². The Hall–Kier alpha value is -1.59. The second-order valence-electron chi connectivity index (χ2n) is 5.85. The highest BCUT2D eigenvalue weighted by molar-refractivity contribution is 5.63. The number of aliphatic hydroxyl groups is 1. The fraction of sp³-hybridized carbons (Fsp3) is 0.368. The van der Waals surface area contributed by atoms with Gasteiger partial charge in [-0.3, -0.25) is 4.90 Å². The number of rotatable bonds is 6. The van der Waals surface area contributed by atoms with Crippen LogP contribution in [0.15, 0.2) is 60.7 Å². The minimum atomic E-state index is -0.409. The Labute approximate surface area is 151 Å². The number of benzene rings is 2. The quantitative estimate of drug-likeness (QED) is 0.773. The molecular weight excluding hydrogens is 324 g/mol. The van der Waals surface area contributed by atoms with E-state index in [9.17, 15) is 5.11 Å². The van der Waals surface area contributed by atoms with E-state index >= 15 is 0 Å². The van der Waals surface area contributed by atoms with Crippen molar-refractivity contribution in [2.45, 2.75) is 6.10 Å². The third kappa shape index (κ3) is 5.21. The second kappa shape index (κ2) is 9.64. The van der Waals surface area contributed by atoms with Gasteiger partial charge in [0.05, 0.1) is 25.9 Å². The lowest BCUT2D eigenvalue weighted by Gasteiger charge is -2.32. The summed E-state index contributed by atoms with van der Waals surface area (Å²) in [6, 6.07) is 20.4. The Bertz CT molecular complexity index is 543. The molecule has 0 aromatic heterocycles. The number of nitrogens with zero attached hydrogens (tertiary/aromatic N) is 2. The van der Waals surface area contributed by atoms with Crippen molar-refractivity contribution in [3.63, 3.8) is 0 Å². The Balaban J connectivity index is 0.00000156. The molecule has 0 spiro atoms. The Morgan fingerprint density at radius 1 is 0.958 bits per heavy atom. The number of aliphatic hydroxyl groups excluding tert-OH is 1. The summed E-state index contributed by atoms with van der Waals surface area (Å²) in [4.78, 5) is 4.44. The number of β-amino-alcohol motifs (C(OH)–C–C–N with tert-alkyl or cyclic N) is 1. The van der Waals surface area contributed by atoms with E-state index in [-0.39, 0.29) is 13.8 Å². The van der Waals surface area contributed by atoms with Crippen LogP contribution in [0.4, 0.5) is 11.4 Å². The maximum Gasteiger partial charge on any atom is 1.00 e. The summed E-state index contributed by atoms with van der Waals surface area (Å²) in [6.07, 6.45) is -0.409.